The number of amides is 3. The summed E-state index contributed by atoms with van der Waals surface area (Å²) in [5, 5.41) is 5.70. The third-order valence-electron chi connectivity index (χ3n) is 9.93. The van der Waals surface area contributed by atoms with E-state index in [4.69, 9.17) is 18.9 Å². The quantitative estimate of drug-likeness (QED) is 0.346. The van der Waals surface area contributed by atoms with Crippen LogP contribution in [-0.2, 0) is 23.9 Å². The summed E-state index contributed by atoms with van der Waals surface area (Å²) in [5.41, 5.74) is -1.83. The van der Waals surface area contributed by atoms with Crippen molar-refractivity contribution in [1.29, 1.82) is 0 Å². The van der Waals surface area contributed by atoms with Gasteiger partial charge in [-0.1, -0.05) is 25.0 Å². The number of ketones is 1. The summed E-state index contributed by atoms with van der Waals surface area (Å²) < 4.78 is 22.9. The summed E-state index contributed by atoms with van der Waals surface area (Å²) in [6.07, 6.45) is 6.69. The number of fused-ring (bicyclic) bond motifs is 5. The van der Waals surface area contributed by atoms with E-state index in [2.05, 4.69) is 20.6 Å². The molecule has 4 aliphatic rings. The second kappa shape index (κ2) is 13.8. The Balaban J connectivity index is 1.39. The van der Waals surface area contributed by atoms with E-state index in [9.17, 15) is 24.0 Å². The molecular formula is C37H47N5O9. The summed E-state index contributed by atoms with van der Waals surface area (Å²) >= 11 is 0. The number of nitrogens with one attached hydrogen (secondary N) is 2. The first-order chi connectivity index (χ1) is 24.2. The second-order valence-corrected chi connectivity index (χ2v) is 15.0. The molecule has 3 amide bonds. The molecule has 5 heterocycles. The van der Waals surface area contributed by atoms with Crippen LogP contribution in [0.5, 0.6) is 11.6 Å². The normalized spacial score (nSPS) is 28.0. The number of allylic oxidation sites excluding steroid dienone is 1. The molecule has 0 aromatic carbocycles. The van der Waals surface area contributed by atoms with Crippen molar-refractivity contribution in [3.63, 3.8) is 0 Å². The van der Waals surface area contributed by atoms with Crippen LogP contribution in [0.1, 0.15) is 95.1 Å². The largest absolute Gasteiger partial charge is 0.482 e. The molecule has 0 radical (unpaired) electrons. The van der Waals surface area contributed by atoms with E-state index < -0.39 is 52.7 Å². The number of alkyl carbamates (subject to hydrolysis) is 1. The topological polar surface area (TPSA) is 175 Å². The molecule has 14 nitrogen and oxygen atoms in total. The number of methoxy groups -OCH3 is 1. The molecule has 3 aliphatic heterocycles. The van der Waals surface area contributed by atoms with Crippen molar-refractivity contribution in [3.8, 4) is 11.6 Å². The van der Waals surface area contributed by atoms with Crippen molar-refractivity contribution in [2.75, 3.05) is 20.3 Å². The molecule has 0 bridgehead atoms. The predicted octanol–water partition coefficient (Wildman–Crippen LogP) is 4.10. The van der Waals surface area contributed by atoms with Gasteiger partial charge in [-0.15, -0.1) is 0 Å². The van der Waals surface area contributed by atoms with E-state index in [-0.39, 0.29) is 49.0 Å². The Bertz CT molecular complexity index is 1790. The summed E-state index contributed by atoms with van der Waals surface area (Å²) in [6, 6.07) is 1.23. The fourth-order valence-corrected chi connectivity index (χ4v) is 7.44. The number of esters is 1. The molecule has 5 atom stereocenters. The predicted molar refractivity (Wildman–Crippen MR) is 184 cm³/mol. The van der Waals surface area contributed by atoms with Crippen LogP contribution in [-0.4, -0.2) is 93.6 Å². The van der Waals surface area contributed by atoms with E-state index in [0.29, 0.717) is 41.9 Å². The Morgan fingerprint density at radius 1 is 1.12 bits per heavy atom. The Hall–Kier alpha value is -4.75. The highest BCUT2D eigenvalue weighted by Gasteiger charge is 2.63. The van der Waals surface area contributed by atoms with Crippen LogP contribution in [0.25, 0.3) is 11.0 Å². The highest BCUT2D eigenvalue weighted by Crippen LogP contribution is 2.48. The van der Waals surface area contributed by atoms with Crippen molar-refractivity contribution in [2.24, 2.45) is 5.92 Å². The van der Waals surface area contributed by atoms with Gasteiger partial charge in [0.05, 0.1) is 43.5 Å². The Kier molecular flexibility index (Phi) is 9.73. The number of aromatic nitrogens is 2. The summed E-state index contributed by atoms with van der Waals surface area (Å²) in [6.45, 7) is 8.64. The van der Waals surface area contributed by atoms with Gasteiger partial charge in [0.2, 0.25) is 17.7 Å². The maximum atomic E-state index is 14.6. The number of carbonyl (C=O) groups is 5. The van der Waals surface area contributed by atoms with Gasteiger partial charge >= 0.3 is 12.1 Å². The fraction of sp³-hybridized carbons (Fsp3) is 0.595. The lowest BCUT2D eigenvalue weighted by Crippen LogP contribution is -2.57. The van der Waals surface area contributed by atoms with Gasteiger partial charge in [-0.25, -0.2) is 19.6 Å². The number of pyridine rings is 2. The number of hydrogen-bond donors (Lipinski definition) is 2. The average Bonchev–Trinajstić information content (AvgIpc) is 3.64. The van der Waals surface area contributed by atoms with Gasteiger partial charge in [0.15, 0.2) is 11.5 Å². The molecule has 2 aromatic heterocycles. The number of aryl methyl sites for hydroxylation is 1. The van der Waals surface area contributed by atoms with E-state index in [1.165, 1.54) is 12.0 Å². The number of Topliss-reactive ketones (excluding diaryl/α,β-unsaturated/α-hetero) is 1. The molecule has 2 N–H and O–H groups in total. The second-order valence-electron chi connectivity index (χ2n) is 15.0. The maximum Gasteiger partial charge on any atom is 0.408 e. The summed E-state index contributed by atoms with van der Waals surface area (Å²) in [5.74, 6) is -1.62. The number of hydrogen-bond acceptors (Lipinski definition) is 11. The standard InChI is InChI=1S/C37H47N5O9/c1-7-49-33(46)37-17-22(37)13-11-9-8-10-12-14-24(39-34(47)51-35(3,4)5)32(45)42-20-36(18-25(42)31(44)41-37)19-26(43)28-29-23(15-16-27(40-29)48-6)38-21(2)30(28)50-36/h11,13,15-16,22,24-25H,7-10,12,14,17-20H2,1-6H3,(H,39,47)(H,41,44). The van der Waals surface area contributed by atoms with Crippen LogP contribution in [0.2, 0.25) is 0 Å². The highest BCUT2D eigenvalue weighted by molar-refractivity contribution is 6.10. The number of nitrogens with zero attached hydrogens (tertiary/aromatic N) is 3. The van der Waals surface area contributed by atoms with Gasteiger partial charge in [0.1, 0.15) is 34.3 Å². The molecule has 1 spiro atoms. The van der Waals surface area contributed by atoms with Crippen LogP contribution < -0.4 is 20.1 Å². The molecule has 5 unspecified atom stereocenters. The smallest absolute Gasteiger partial charge is 0.408 e. The lowest BCUT2D eigenvalue weighted by atomic mass is 9.87. The maximum absolute atomic E-state index is 14.6. The van der Waals surface area contributed by atoms with Crippen LogP contribution in [0, 0.1) is 12.8 Å². The Morgan fingerprint density at radius 3 is 2.63 bits per heavy atom. The molecule has 2 aromatic rings. The van der Waals surface area contributed by atoms with E-state index in [1.807, 2.05) is 12.2 Å². The lowest BCUT2D eigenvalue weighted by Gasteiger charge is -2.35. The van der Waals surface area contributed by atoms with E-state index in [1.54, 1.807) is 46.8 Å². The lowest BCUT2D eigenvalue weighted by molar-refractivity contribution is -0.150. The zero-order valence-corrected chi connectivity index (χ0v) is 30.1. The molecule has 1 saturated heterocycles. The molecule has 274 valence electrons. The van der Waals surface area contributed by atoms with Gasteiger partial charge in [-0.3, -0.25) is 14.4 Å². The van der Waals surface area contributed by atoms with Crippen LogP contribution in [0.4, 0.5) is 4.79 Å². The molecule has 14 heteroatoms. The number of rotatable bonds is 4. The zero-order valence-electron chi connectivity index (χ0n) is 30.1. The SMILES string of the molecule is CCOC(=O)C12CC1C=CCCCCCC(NC(=O)OC(C)(C)C)C(=O)N1CC3(CC(=O)c4c(c(C)nc5ccc(OC)nc45)O3)CC1C(=O)N2. The summed E-state index contributed by atoms with van der Waals surface area (Å²) in [4.78, 5) is 79.9. The molecule has 1 saturated carbocycles. The van der Waals surface area contributed by atoms with Gasteiger partial charge in [0.25, 0.3) is 0 Å². The minimum atomic E-state index is -1.30. The van der Waals surface area contributed by atoms with E-state index in [0.717, 1.165) is 19.3 Å². The first kappa shape index (κ1) is 36.1. The number of ether oxygens (including phenoxy) is 4. The number of carbonyl (C=O) groups excluding carboxylic acids is 5. The zero-order chi connectivity index (χ0) is 36.7. The monoisotopic (exact) mass is 705 g/mol. The molecule has 51 heavy (non-hydrogen) atoms. The average molecular weight is 706 g/mol. The molecule has 2 fully saturated rings. The van der Waals surface area contributed by atoms with Crippen LogP contribution in [0.3, 0.4) is 0 Å². The first-order valence-electron chi connectivity index (χ1n) is 17.7. The van der Waals surface area contributed by atoms with Crippen LogP contribution in [0.15, 0.2) is 24.3 Å². The van der Waals surface area contributed by atoms with Crippen molar-refractivity contribution in [3.05, 3.63) is 35.5 Å². The minimum Gasteiger partial charge on any atom is -0.482 e. The van der Waals surface area contributed by atoms with Gasteiger partial charge < -0.3 is 34.5 Å². The van der Waals surface area contributed by atoms with Gasteiger partial charge in [-0.2, -0.15) is 0 Å². The molecule has 6 rings (SSSR count). The van der Waals surface area contributed by atoms with E-state index >= 15 is 0 Å². The summed E-state index contributed by atoms with van der Waals surface area (Å²) in [7, 11) is 1.48. The molecular weight excluding hydrogens is 658 g/mol. The Labute approximate surface area is 297 Å². The molecule has 1 aliphatic carbocycles. The first-order valence-corrected chi connectivity index (χ1v) is 17.7. The van der Waals surface area contributed by atoms with Gasteiger partial charge in [-0.05, 0) is 66.4 Å². The third kappa shape index (κ3) is 7.22. The van der Waals surface area contributed by atoms with Crippen molar-refractivity contribution < 1.29 is 42.9 Å². The van der Waals surface area contributed by atoms with Gasteiger partial charge in [0, 0.05) is 18.4 Å². The van der Waals surface area contributed by atoms with Crippen LogP contribution >= 0.6 is 0 Å². The van der Waals surface area contributed by atoms with Crippen molar-refractivity contribution in [1.82, 2.24) is 25.5 Å². The van der Waals surface area contributed by atoms with Crippen molar-refractivity contribution >= 4 is 40.7 Å². The minimum absolute atomic E-state index is 0.0443. The van der Waals surface area contributed by atoms with Crippen molar-refractivity contribution in [2.45, 2.75) is 115 Å². The fourth-order valence-electron chi connectivity index (χ4n) is 7.44. The Morgan fingerprint density at radius 2 is 1.90 bits per heavy atom. The third-order valence-corrected chi connectivity index (χ3v) is 9.93. The highest BCUT2D eigenvalue weighted by atomic mass is 16.6.